The van der Waals surface area contributed by atoms with Crippen molar-refractivity contribution < 1.29 is 28.9 Å². The summed E-state index contributed by atoms with van der Waals surface area (Å²) in [6.07, 6.45) is 0. The number of methoxy groups -OCH3 is 2. The second-order valence-electron chi connectivity index (χ2n) is 8.07. The number of aliphatic hydroxyl groups is 1. The number of amides is 1. The molecule has 1 amide bonds. The number of hydrogen-bond acceptors (Lipinski definition) is 7. The number of ether oxygens (including phenoxy) is 3. The Kier molecular flexibility index (Phi) is 7.41. The number of carbonyl (C=O) groups is 2. The molecule has 0 bridgehead atoms. The molecule has 8 nitrogen and oxygen atoms in total. The zero-order valence-electron chi connectivity index (χ0n) is 19.1. The highest BCUT2D eigenvalue weighted by molar-refractivity contribution is 6.46. The molecule has 2 aliphatic rings. The smallest absolute Gasteiger partial charge is 0.295 e. The lowest BCUT2D eigenvalue weighted by Crippen LogP contribution is -2.42. The Morgan fingerprint density at radius 2 is 1.85 bits per heavy atom. The molecule has 4 rings (SSSR count). The molecule has 0 aliphatic carbocycles. The Bertz CT molecular complexity index is 1110. The third-order valence-corrected chi connectivity index (χ3v) is 6.43. The van der Waals surface area contributed by atoms with E-state index in [9.17, 15) is 14.7 Å². The molecule has 2 aromatic carbocycles. The van der Waals surface area contributed by atoms with E-state index in [1.54, 1.807) is 37.4 Å². The number of ketones is 1. The molecule has 2 saturated heterocycles. The first-order valence-electron chi connectivity index (χ1n) is 11.0. The van der Waals surface area contributed by atoms with E-state index >= 15 is 0 Å². The largest absolute Gasteiger partial charge is 0.507 e. The summed E-state index contributed by atoms with van der Waals surface area (Å²) in [7, 11) is 3.04. The molecule has 1 N–H and O–H groups in total. The van der Waals surface area contributed by atoms with Crippen LogP contribution in [0.5, 0.6) is 11.5 Å². The summed E-state index contributed by atoms with van der Waals surface area (Å²) in [5.74, 6) is -0.650. The van der Waals surface area contributed by atoms with Crippen LogP contribution >= 0.6 is 11.6 Å². The van der Waals surface area contributed by atoms with Crippen molar-refractivity contribution in [2.24, 2.45) is 0 Å². The first-order chi connectivity index (χ1) is 16.4. The average molecular weight is 487 g/mol. The van der Waals surface area contributed by atoms with E-state index in [1.165, 1.54) is 18.1 Å². The summed E-state index contributed by atoms with van der Waals surface area (Å²) in [5, 5.41) is 11.5. The van der Waals surface area contributed by atoms with Gasteiger partial charge in [-0.3, -0.25) is 14.5 Å². The van der Waals surface area contributed by atoms with E-state index in [4.69, 9.17) is 25.8 Å². The van der Waals surface area contributed by atoms with Gasteiger partial charge in [-0.2, -0.15) is 0 Å². The molecule has 9 heteroatoms. The van der Waals surface area contributed by atoms with Crippen molar-refractivity contribution >= 4 is 29.1 Å². The van der Waals surface area contributed by atoms with Crippen LogP contribution < -0.4 is 9.47 Å². The monoisotopic (exact) mass is 486 g/mol. The van der Waals surface area contributed by atoms with E-state index < -0.39 is 17.7 Å². The third kappa shape index (κ3) is 4.75. The van der Waals surface area contributed by atoms with Crippen LogP contribution in [0.25, 0.3) is 5.76 Å². The van der Waals surface area contributed by atoms with Crippen molar-refractivity contribution in [1.82, 2.24) is 9.80 Å². The van der Waals surface area contributed by atoms with Gasteiger partial charge in [-0.05, 0) is 35.9 Å². The number of nitrogens with zero attached hydrogens (tertiary/aromatic N) is 2. The highest BCUT2D eigenvalue weighted by Crippen LogP contribution is 2.41. The summed E-state index contributed by atoms with van der Waals surface area (Å²) in [4.78, 5) is 30.0. The van der Waals surface area contributed by atoms with Crippen molar-refractivity contribution in [2.75, 3.05) is 53.6 Å². The Balaban J connectivity index is 1.76. The standard InChI is InChI=1S/C25H27ClN2O6/c1-32-18-5-3-4-16(14-18)22-21(23(29)17-6-7-20(33-2)19(26)15-17)24(30)25(31)28(22)9-8-27-10-12-34-13-11-27/h3-7,14-15,22,29H,8-13H2,1-2H3. The minimum Gasteiger partial charge on any atom is -0.507 e. The van der Waals surface area contributed by atoms with Gasteiger partial charge in [-0.25, -0.2) is 0 Å². The maximum absolute atomic E-state index is 13.2. The minimum absolute atomic E-state index is 0.0152. The molecular weight excluding hydrogens is 460 g/mol. The fraction of sp³-hybridized carbons (Fsp3) is 0.360. The maximum Gasteiger partial charge on any atom is 0.295 e. The number of halogens is 1. The number of morpholine rings is 1. The number of hydrogen-bond donors (Lipinski definition) is 1. The SMILES string of the molecule is COc1cccc(C2C(=C(O)c3ccc(OC)c(Cl)c3)C(=O)C(=O)N2CCN2CCOCC2)c1. The molecule has 1 atom stereocenters. The first-order valence-corrected chi connectivity index (χ1v) is 11.4. The molecule has 1 unspecified atom stereocenters. The molecule has 0 saturated carbocycles. The van der Waals surface area contributed by atoms with Crippen molar-refractivity contribution in [3.63, 3.8) is 0 Å². The molecule has 34 heavy (non-hydrogen) atoms. The van der Waals surface area contributed by atoms with Crippen LogP contribution in [0.1, 0.15) is 17.2 Å². The summed E-state index contributed by atoms with van der Waals surface area (Å²) >= 11 is 6.25. The number of carbonyl (C=O) groups excluding carboxylic acids is 2. The van der Waals surface area contributed by atoms with Crippen molar-refractivity contribution in [3.8, 4) is 11.5 Å². The molecule has 0 aromatic heterocycles. The molecule has 2 aromatic rings. The Morgan fingerprint density at radius 1 is 1.09 bits per heavy atom. The van der Waals surface area contributed by atoms with E-state index in [1.807, 2.05) is 6.07 Å². The normalized spacial score (nSPS) is 20.6. The van der Waals surface area contributed by atoms with E-state index in [0.717, 1.165) is 13.1 Å². The van der Waals surface area contributed by atoms with Gasteiger partial charge < -0.3 is 24.2 Å². The van der Waals surface area contributed by atoms with Crippen molar-refractivity contribution in [2.45, 2.75) is 6.04 Å². The lowest BCUT2D eigenvalue weighted by atomic mass is 9.95. The lowest BCUT2D eigenvalue weighted by molar-refractivity contribution is -0.140. The van der Waals surface area contributed by atoms with Crippen LogP contribution in [-0.4, -0.2) is 80.2 Å². The van der Waals surface area contributed by atoms with Gasteiger partial charge in [0.2, 0.25) is 0 Å². The zero-order valence-corrected chi connectivity index (χ0v) is 19.9. The van der Waals surface area contributed by atoms with Gasteiger partial charge in [-0.15, -0.1) is 0 Å². The van der Waals surface area contributed by atoms with Gasteiger partial charge in [-0.1, -0.05) is 23.7 Å². The Labute approximate surface area is 203 Å². The predicted octanol–water partition coefficient (Wildman–Crippen LogP) is 3.11. The highest BCUT2D eigenvalue weighted by Gasteiger charge is 2.46. The lowest BCUT2D eigenvalue weighted by Gasteiger charge is -2.31. The van der Waals surface area contributed by atoms with Gasteiger partial charge in [0.05, 0.1) is 44.1 Å². The molecule has 2 fully saturated rings. The van der Waals surface area contributed by atoms with Crippen LogP contribution in [0.2, 0.25) is 5.02 Å². The van der Waals surface area contributed by atoms with E-state index in [-0.39, 0.29) is 16.4 Å². The predicted molar refractivity (Wildman–Crippen MR) is 127 cm³/mol. The van der Waals surface area contributed by atoms with Crippen LogP contribution in [-0.2, 0) is 14.3 Å². The summed E-state index contributed by atoms with van der Waals surface area (Å²) in [5.41, 5.74) is 1.01. The number of rotatable bonds is 7. The number of benzene rings is 2. The molecule has 0 radical (unpaired) electrons. The molecule has 2 aliphatic heterocycles. The summed E-state index contributed by atoms with van der Waals surface area (Å²) < 4.78 is 15.9. The number of Topliss-reactive ketones (excluding diaryl/α,β-unsaturated/α-hetero) is 1. The first kappa shape index (κ1) is 24.1. The Morgan fingerprint density at radius 3 is 2.53 bits per heavy atom. The van der Waals surface area contributed by atoms with Gasteiger partial charge in [0.15, 0.2) is 0 Å². The zero-order chi connectivity index (χ0) is 24.2. The van der Waals surface area contributed by atoms with Crippen LogP contribution in [0, 0.1) is 0 Å². The quantitative estimate of drug-likeness (QED) is 0.365. The van der Waals surface area contributed by atoms with Gasteiger partial charge in [0.25, 0.3) is 11.7 Å². The van der Waals surface area contributed by atoms with Crippen molar-refractivity contribution in [1.29, 1.82) is 0 Å². The molecular formula is C25H27ClN2O6. The second-order valence-corrected chi connectivity index (χ2v) is 8.48. The van der Waals surface area contributed by atoms with Gasteiger partial charge in [0, 0.05) is 31.7 Å². The van der Waals surface area contributed by atoms with E-state index in [2.05, 4.69) is 4.90 Å². The molecule has 180 valence electrons. The van der Waals surface area contributed by atoms with Crippen LogP contribution in [0.3, 0.4) is 0 Å². The highest BCUT2D eigenvalue weighted by atomic mass is 35.5. The average Bonchev–Trinajstić information content (AvgIpc) is 3.12. The summed E-state index contributed by atoms with van der Waals surface area (Å²) in [6.45, 7) is 3.71. The van der Waals surface area contributed by atoms with E-state index in [0.29, 0.717) is 48.9 Å². The molecule has 2 heterocycles. The third-order valence-electron chi connectivity index (χ3n) is 6.14. The fourth-order valence-electron chi connectivity index (χ4n) is 4.31. The van der Waals surface area contributed by atoms with Crippen molar-refractivity contribution in [3.05, 3.63) is 64.2 Å². The fourth-order valence-corrected chi connectivity index (χ4v) is 4.57. The maximum atomic E-state index is 13.2. The number of likely N-dealkylation sites (tertiary alicyclic amines) is 1. The molecule has 0 spiro atoms. The Hall–Kier alpha value is -3.07. The summed E-state index contributed by atoms with van der Waals surface area (Å²) in [6, 6.07) is 11.1. The number of aliphatic hydroxyl groups excluding tert-OH is 1. The topological polar surface area (TPSA) is 88.5 Å². The van der Waals surface area contributed by atoms with Crippen LogP contribution in [0.4, 0.5) is 0 Å². The van der Waals surface area contributed by atoms with Gasteiger partial charge in [0.1, 0.15) is 17.3 Å². The van der Waals surface area contributed by atoms with Crippen LogP contribution in [0.15, 0.2) is 48.0 Å². The van der Waals surface area contributed by atoms with Gasteiger partial charge >= 0.3 is 0 Å². The second kappa shape index (κ2) is 10.5. The minimum atomic E-state index is -0.767.